The number of anilines is 1. The van der Waals surface area contributed by atoms with Crippen LogP contribution in [0.25, 0.3) is 10.9 Å². The van der Waals surface area contributed by atoms with Crippen LogP contribution in [0, 0.1) is 4.77 Å². The molecule has 0 spiro atoms. The summed E-state index contributed by atoms with van der Waals surface area (Å²) in [6.07, 6.45) is 0. The van der Waals surface area contributed by atoms with Crippen LogP contribution in [-0.2, 0) is 6.54 Å². The number of H-pyrrole nitrogens is 1. The molecule has 4 aromatic rings. The quantitative estimate of drug-likeness (QED) is 0.385. The predicted molar refractivity (Wildman–Crippen MR) is 145 cm³/mol. The first kappa shape index (κ1) is 24.1. The maximum Gasteiger partial charge on any atom is 0.262 e. The van der Waals surface area contributed by atoms with Crippen molar-refractivity contribution >= 4 is 46.3 Å². The number of methoxy groups -OCH3 is 1. The molecule has 36 heavy (non-hydrogen) atoms. The Morgan fingerprint density at radius 2 is 1.69 bits per heavy atom. The third kappa shape index (κ3) is 4.87. The summed E-state index contributed by atoms with van der Waals surface area (Å²) >= 11 is 11.4. The molecule has 9 heteroatoms. The maximum absolute atomic E-state index is 13.2. The highest BCUT2D eigenvalue weighted by Gasteiger charge is 2.23. The maximum atomic E-state index is 13.2. The van der Waals surface area contributed by atoms with Crippen molar-refractivity contribution in [2.75, 3.05) is 38.2 Å². The molecule has 5 rings (SSSR count). The minimum absolute atomic E-state index is 0.0593. The van der Waals surface area contributed by atoms with Crippen LogP contribution < -0.4 is 15.2 Å². The fraction of sp³-hybridized carbons (Fsp3) is 0.222. The molecule has 0 radical (unpaired) electrons. The molecule has 1 amide bonds. The topological polar surface area (TPSA) is 70.6 Å². The van der Waals surface area contributed by atoms with Crippen LogP contribution in [0.2, 0.25) is 5.02 Å². The van der Waals surface area contributed by atoms with Crippen LogP contribution in [0.4, 0.5) is 5.69 Å². The SMILES string of the molecule is COc1ccc(N2CCN(C(=O)c3ccc4c(=O)n(Cc5ccc(Cl)cc5)c(=S)[nH]c4c3)CC2)cc1. The first-order chi connectivity index (χ1) is 17.4. The summed E-state index contributed by atoms with van der Waals surface area (Å²) in [6, 6.07) is 20.4. The number of amides is 1. The number of nitrogens with zero attached hydrogens (tertiary/aromatic N) is 3. The van der Waals surface area contributed by atoms with E-state index in [4.69, 9.17) is 28.6 Å². The van der Waals surface area contributed by atoms with Gasteiger partial charge in [-0.05, 0) is 72.4 Å². The summed E-state index contributed by atoms with van der Waals surface area (Å²) in [5, 5.41) is 1.12. The van der Waals surface area contributed by atoms with E-state index in [2.05, 4.69) is 9.88 Å². The van der Waals surface area contributed by atoms with Gasteiger partial charge in [-0.1, -0.05) is 23.7 Å². The van der Waals surface area contributed by atoms with Crippen LogP contribution in [0.1, 0.15) is 15.9 Å². The molecule has 1 fully saturated rings. The molecule has 0 bridgehead atoms. The number of hydrogen-bond donors (Lipinski definition) is 1. The Kier molecular flexibility index (Phi) is 6.80. The van der Waals surface area contributed by atoms with Gasteiger partial charge in [0.2, 0.25) is 0 Å². The van der Waals surface area contributed by atoms with Crippen molar-refractivity contribution in [3.63, 3.8) is 0 Å². The van der Waals surface area contributed by atoms with Gasteiger partial charge in [0.05, 0.1) is 24.6 Å². The van der Waals surface area contributed by atoms with Crippen molar-refractivity contribution in [1.29, 1.82) is 0 Å². The number of nitrogens with one attached hydrogen (secondary N) is 1. The molecule has 1 saturated heterocycles. The van der Waals surface area contributed by atoms with E-state index in [0.717, 1.165) is 30.1 Å². The molecule has 1 aromatic heterocycles. The number of aromatic nitrogens is 2. The van der Waals surface area contributed by atoms with Gasteiger partial charge in [0.1, 0.15) is 5.75 Å². The summed E-state index contributed by atoms with van der Waals surface area (Å²) in [4.78, 5) is 33.6. The van der Waals surface area contributed by atoms with Gasteiger partial charge in [-0.25, -0.2) is 0 Å². The van der Waals surface area contributed by atoms with E-state index in [1.165, 1.54) is 4.57 Å². The van der Waals surface area contributed by atoms with E-state index in [1.54, 1.807) is 37.4 Å². The third-order valence-electron chi connectivity index (χ3n) is 6.49. The zero-order valence-electron chi connectivity index (χ0n) is 19.7. The number of benzene rings is 3. The van der Waals surface area contributed by atoms with E-state index >= 15 is 0 Å². The molecule has 0 unspecified atom stereocenters. The number of rotatable bonds is 5. The lowest BCUT2D eigenvalue weighted by Gasteiger charge is -2.36. The lowest BCUT2D eigenvalue weighted by Crippen LogP contribution is -2.48. The Morgan fingerprint density at radius 1 is 1.00 bits per heavy atom. The summed E-state index contributed by atoms with van der Waals surface area (Å²) in [5.74, 6) is 0.760. The van der Waals surface area contributed by atoms with Gasteiger partial charge >= 0.3 is 0 Å². The lowest BCUT2D eigenvalue weighted by molar-refractivity contribution is 0.0747. The second-order valence-corrected chi connectivity index (χ2v) is 9.51. The van der Waals surface area contributed by atoms with Gasteiger partial charge in [0, 0.05) is 42.5 Å². The lowest BCUT2D eigenvalue weighted by atomic mass is 10.1. The van der Waals surface area contributed by atoms with Crippen molar-refractivity contribution in [3.8, 4) is 5.75 Å². The fourth-order valence-corrected chi connectivity index (χ4v) is 4.83. The van der Waals surface area contributed by atoms with E-state index in [1.807, 2.05) is 41.3 Å². The van der Waals surface area contributed by atoms with E-state index in [-0.39, 0.29) is 11.5 Å². The molecule has 1 aliphatic heterocycles. The summed E-state index contributed by atoms with van der Waals surface area (Å²) in [7, 11) is 1.65. The molecule has 2 heterocycles. The molecule has 184 valence electrons. The minimum Gasteiger partial charge on any atom is -0.497 e. The standard InChI is InChI=1S/C27H25ClN4O3S/c1-35-22-9-7-21(8-10-22)30-12-14-31(15-13-30)25(33)19-4-11-23-24(16-19)29-27(36)32(26(23)34)17-18-2-5-20(28)6-3-18/h2-11,16H,12-15,17H2,1H3,(H,29,36). The number of hydrogen-bond acceptors (Lipinski definition) is 5. The van der Waals surface area contributed by atoms with Crippen molar-refractivity contribution in [2.24, 2.45) is 0 Å². The van der Waals surface area contributed by atoms with Gasteiger partial charge in [-0.2, -0.15) is 0 Å². The Morgan fingerprint density at radius 3 is 2.36 bits per heavy atom. The summed E-state index contributed by atoms with van der Waals surface area (Å²) in [5.41, 5.74) is 2.91. The first-order valence-corrected chi connectivity index (χ1v) is 12.4. The third-order valence-corrected chi connectivity index (χ3v) is 7.06. The molecule has 0 saturated carbocycles. The Labute approximate surface area is 218 Å². The van der Waals surface area contributed by atoms with Gasteiger partial charge in [0.25, 0.3) is 11.5 Å². The highest BCUT2D eigenvalue weighted by atomic mass is 35.5. The number of carbonyl (C=O) groups is 1. The van der Waals surface area contributed by atoms with Crippen LogP contribution in [-0.4, -0.2) is 53.6 Å². The van der Waals surface area contributed by atoms with Gasteiger partial charge < -0.3 is 19.5 Å². The normalized spacial score (nSPS) is 13.7. The van der Waals surface area contributed by atoms with E-state index < -0.39 is 0 Å². The van der Waals surface area contributed by atoms with Crippen molar-refractivity contribution < 1.29 is 9.53 Å². The second kappa shape index (κ2) is 10.2. The van der Waals surface area contributed by atoms with Crippen LogP contribution in [0.15, 0.2) is 71.5 Å². The monoisotopic (exact) mass is 520 g/mol. The van der Waals surface area contributed by atoms with Crippen LogP contribution in [0.3, 0.4) is 0 Å². The fourth-order valence-electron chi connectivity index (χ4n) is 4.45. The molecule has 3 aromatic carbocycles. The number of aromatic amines is 1. The van der Waals surface area contributed by atoms with Crippen molar-refractivity contribution in [3.05, 3.63) is 98.0 Å². The smallest absolute Gasteiger partial charge is 0.262 e. The van der Waals surface area contributed by atoms with Crippen LogP contribution >= 0.6 is 23.8 Å². The van der Waals surface area contributed by atoms with Gasteiger partial charge in [0.15, 0.2) is 4.77 Å². The number of fused-ring (bicyclic) bond motifs is 1. The number of carbonyl (C=O) groups excluding carboxylic acids is 1. The highest BCUT2D eigenvalue weighted by molar-refractivity contribution is 7.71. The molecule has 0 atom stereocenters. The predicted octanol–water partition coefficient (Wildman–Crippen LogP) is 4.73. The molecular formula is C27H25ClN4O3S. The Bertz CT molecular complexity index is 1520. The zero-order chi connectivity index (χ0) is 25.2. The second-order valence-electron chi connectivity index (χ2n) is 8.69. The van der Waals surface area contributed by atoms with Crippen molar-refractivity contribution in [2.45, 2.75) is 6.54 Å². The van der Waals surface area contributed by atoms with Gasteiger partial charge in [-0.3, -0.25) is 14.2 Å². The number of piperazine rings is 1. The Hall–Kier alpha value is -3.62. The minimum atomic E-state index is -0.198. The molecule has 1 N–H and O–H groups in total. The Balaban J connectivity index is 1.32. The van der Waals surface area contributed by atoms with Gasteiger partial charge in [-0.15, -0.1) is 0 Å². The largest absolute Gasteiger partial charge is 0.497 e. The number of ether oxygens (including phenoxy) is 1. The molecule has 0 aliphatic carbocycles. The molecule has 1 aliphatic rings. The summed E-state index contributed by atoms with van der Waals surface area (Å²) < 4.78 is 7.05. The van der Waals surface area contributed by atoms with E-state index in [0.29, 0.717) is 45.9 Å². The zero-order valence-corrected chi connectivity index (χ0v) is 21.3. The van der Waals surface area contributed by atoms with Crippen LogP contribution in [0.5, 0.6) is 5.75 Å². The number of halogens is 1. The first-order valence-electron chi connectivity index (χ1n) is 11.6. The van der Waals surface area contributed by atoms with E-state index in [9.17, 15) is 9.59 Å². The summed E-state index contributed by atoms with van der Waals surface area (Å²) in [6.45, 7) is 3.04. The molecule has 7 nitrogen and oxygen atoms in total. The average Bonchev–Trinajstić information content (AvgIpc) is 2.91. The average molecular weight is 521 g/mol. The highest BCUT2D eigenvalue weighted by Crippen LogP contribution is 2.21. The molecular weight excluding hydrogens is 496 g/mol. The van der Waals surface area contributed by atoms with Crippen molar-refractivity contribution in [1.82, 2.24) is 14.5 Å².